The molecule has 0 bridgehead atoms. The Kier molecular flexibility index (Phi) is 7.01. The quantitative estimate of drug-likeness (QED) is 0.0406. The number of carbonyl (C=O) groups excluding carboxylic acids is 3. The number of anilines is 3. The Bertz CT molecular complexity index is 1260. The molecule has 4 heterocycles. The van der Waals surface area contributed by atoms with E-state index >= 15 is 0 Å². The smallest absolute Gasteiger partial charge is 0.322 e. The Balaban J connectivity index is 1.45. The second kappa shape index (κ2) is 9.86. The zero-order chi connectivity index (χ0) is 26.2. The van der Waals surface area contributed by atoms with Crippen LogP contribution in [-0.2, 0) is 19.2 Å². The van der Waals surface area contributed by atoms with Crippen molar-refractivity contribution in [1.29, 1.82) is 0 Å². The molecule has 2 unspecified atom stereocenters. The van der Waals surface area contributed by atoms with E-state index in [2.05, 4.69) is 20.4 Å². The molecule has 192 valence electrons. The molecular formula is C18H22N10O5S3. The number of aliphatic carboxylic acids is 1. The monoisotopic (exact) mass is 554 g/mol. The van der Waals surface area contributed by atoms with Gasteiger partial charge in [0.1, 0.15) is 24.2 Å². The summed E-state index contributed by atoms with van der Waals surface area (Å²) in [6.07, 6.45) is 0. The molecule has 4 rings (SSSR count). The number of oxime groups is 1. The van der Waals surface area contributed by atoms with Crippen LogP contribution >= 0.6 is 34.9 Å². The lowest BCUT2D eigenvalue weighted by Gasteiger charge is -2.55. The summed E-state index contributed by atoms with van der Waals surface area (Å²) in [6, 6.07) is 0.494. The maximum Gasteiger partial charge on any atom is 0.322 e. The second-order valence-electron chi connectivity index (χ2n) is 7.93. The minimum atomic E-state index is -1.40. The number of amides is 2. The van der Waals surface area contributed by atoms with E-state index in [1.54, 1.807) is 0 Å². The Labute approximate surface area is 216 Å². The molecule has 2 amide bonds. The van der Waals surface area contributed by atoms with Crippen LogP contribution in [0, 0.1) is 5.41 Å². The van der Waals surface area contributed by atoms with Gasteiger partial charge in [0.05, 0.1) is 12.0 Å². The number of nitrogen functional groups attached to an aromatic ring is 4. The van der Waals surface area contributed by atoms with Crippen molar-refractivity contribution in [2.75, 3.05) is 48.2 Å². The molecule has 18 heteroatoms. The van der Waals surface area contributed by atoms with E-state index in [4.69, 9.17) is 27.9 Å². The number of carboxylic acids is 1. The number of thioether (sulfide) groups is 2. The standard InChI is InChI=1S/C18H22N10O5S3/c1-33-26-10(7-3-34-16(21)23-7)12(29)25-11-13(30)27-4-18(15(31)32,5-35-14(11)27)6-36-17-24-8(19)2-9(20)28(17)22/h2-3,11,14H,4-6,22H2,1H3,(H7,19,20,21,23,25,29,31,32)/t11?,14-,18?/m1/s1. The number of hydrogen-bond acceptors (Lipinski definition) is 15. The van der Waals surface area contributed by atoms with Crippen LogP contribution in [0.4, 0.5) is 16.8 Å². The summed E-state index contributed by atoms with van der Waals surface area (Å²) in [6.45, 7) is -0.116. The summed E-state index contributed by atoms with van der Waals surface area (Å²) in [5.74, 6) is 3.84. The third-order valence-electron chi connectivity index (χ3n) is 5.51. The predicted molar refractivity (Wildman–Crippen MR) is 132 cm³/mol. The van der Waals surface area contributed by atoms with E-state index in [-0.39, 0.29) is 51.4 Å². The van der Waals surface area contributed by atoms with E-state index in [0.29, 0.717) is 0 Å². The number of carbonyl (C=O) groups is 3. The largest absolute Gasteiger partial charge is 0.549 e. The van der Waals surface area contributed by atoms with Crippen molar-refractivity contribution >= 4 is 75.1 Å². The fourth-order valence-electron chi connectivity index (χ4n) is 3.63. The number of β-lactam (4-membered cyclic amide) rings is 1. The fraction of sp³-hybridized carbons (Fsp3) is 0.389. The van der Waals surface area contributed by atoms with Crippen molar-refractivity contribution < 1.29 is 29.0 Å². The van der Waals surface area contributed by atoms with E-state index in [1.165, 1.54) is 35.2 Å². The van der Waals surface area contributed by atoms with Gasteiger partial charge in [-0.05, 0) is 11.8 Å². The van der Waals surface area contributed by atoms with E-state index in [1.807, 2.05) is 0 Å². The highest BCUT2D eigenvalue weighted by molar-refractivity contribution is 8.00. The molecule has 15 nitrogen and oxygen atoms in total. The van der Waals surface area contributed by atoms with Gasteiger partial charge in [-0.15, -0.1) is 27.8 Å². The van der Waals surface area contributed by atoms with Gasteiger partial charge < -0.3 is 42.2 Å². The average Bonchev–Trinajstić information content (AvgIpc) is 3.27. The van der Waals surface area contributed by atoms with Crippen LogP contribution in [0.1, 0.15) is 5.69 Å². The second-order valence-corrected chi connectivity index (χ2v) is 10.9. The van der Waals surface area contributed by atoms with Gasteiger partial charge in [-0.3, -0.25) is 15.4 Å². The molecule has 9 N–H and O–H groups in total. The molecule has 0 aliphatic carbocycles. The highest BCUT2D eigenvalue weighted by atomic mass is 32.2. The van der Waals surface area contributed by atoms with Crippen LogP contribution in [0.3, 0.4) is 0 Å². The normalized spacial score (nSPS) is 23.5. The Morgan fingerprint density at radius 2 is 2.17 bits per heavy atom. The van der Waals surface area contributed by atoms with Gasteiger partial charge in [0.15, 0.2) is 10.8 Å². The van der Waals surface area contributed by atoms with Crippen LogP contribution in [0.5, 0.6) is 0 Å². The molecule has 2 aromatic heterocycles. The minimum absolute atomic E-state index is 0.00115. The number of hydrogen-bond donors (Lipinski definition) is 5. The maximum atomic E-state index is 12.9. The molecule has 2 aliphatic rings. The lowest BCUT2D eigenvalue weighted by atomic mass is 9.89. The maximum absolute atomic E-state index is 12.9. The molecule has 2 saturated heterocycles. The number of fused-ring (bicyclic) bond motifs is 1. The van der Waals surface area contributed by atoms with Gasteiger partial charge in [0.2, 0.25) is 17.5 Å². The first-order chi connectivity index (χ1) is 17.1. The number of nitrogens with two attached hydrogens (primary N) is 4. The summed E-state index contributed by atoms with van der Waals surface area (Å²) < 4.78 is 1.10. The van der Waals surface area contributed by atoms with Gasteiger partial charge in [0.25, 0.3) is 5.91 Å². The first kappa shape index (κ1) is 25.6. The molecule has 2 aliphatic heterocycles. The van der Waals surface area contributed by atoms with Crippen molar-refractivity contribution in [3.8, 4) is 0 Å². The van der Waals surface area contributed by atoms with Crippen LogP contribution < -0.4 is 38.1 Å². The molecule has 36 heavy (non-hydrogen) atoms. The van der Waals surface area contributed by atoms with E-state index < -0.39 is 34.6 Å². The summed E-state index contributed by atoms with van der Waals surface area (Å²) in [4.78, 5) is 52.1. The first-order valence-electron chi connectivity index (χ1n) is 10.2. The van der Waals surface area contributed by atoms with Crippen LogP contribution in [0.2, 0.25) is 0 Å². The Hall–Kier alpha value is -3.51. The Morgan fingerprint density at radius 1 is 1.42 bits per heavy atom. The third kappa shape index (κ3) is 4.65. The number of rotatable bonds is 8. The van der Waals surface area contributed by atoms with Crippen LogP contribution in [0.15, 0.2) is 21.8 Å². The predicted octanol–water partition coefficient (Wildman–Crippen LogP) is -3.43. The molecular weight excluding hydrogens is 532 g/mol. The van der Waals surface area contributed by atoms with E-state index in [9.17, 15) is 19.5 Å². The van der Waals surface area contributed by atoms with Crippen molar-refractivity contribution in [2.24, 2.45) is 10.6 Å². The molecule has 2 aromatic rings. The molecule has 0 saturated carbocycles. The van der Waals surface area contributed by atoms with Crippen molar-refractivity contribution in [3.63, 3.8) is 0 Å². The summed E-state index contributed by atoms with van der Waals surface area (Å²) in [5.41, 5.74) is 15.8. The van der Waals surface area contributed by atoms with Gasteiger partial charge in [-0.1, -0.05) is 10.1 Å². The fourth-order valence-corrected chi connectivity index (χ4v) is 6.98. The number of thiazole rings is 1. The third-order valence-corrected chi connectivity index (χ3v) is 9.01. The zero-order valence-corrected chi connectivity index (χ0v) is 21.2. The number of nitrogens with zero attached hydrogens (tertiary/aromatic N) is 5. The lowest BCUT2D eigenvalue weighted by Crippen LogP contribution is -2.75. The molecule has 0 aromatic carbocycles. The van der Waals surface area contributed by atoms with Gasteiger partial charge in [-0.2, -0.15) is 0 Å². The lowest BCUT2D eigenvalue weighted by molar-refractivity contribution is -0.667. The van der Waals surface area contributed by atoms with Gasteiger partial charge in [0, 0.05) is 28.8 Å². The molecule has 0 radical (unpaired) electrons. The van der Waals surface area contributed by atoms with Gasteiger partial charge in [-0.25, -0.2) is 4.98 Å². The number of carboxylic acid groups (broad SMARTS) is 1. The topological polar surface area (TPSA) is 245 Å². The summed E-state index contributed by atoms with van der Waals surface area (Å²) in [5, 5.41) is 20.0. The Morgan fingerprint density at radius 3 is 2.81 bits per heavy atom. The summed E-state index contributed by atoms with van der Waals surface area (Å²) >= 11 is 3.37. The number of aromatic nitrogens is 3. The molecule has 0 spiro atoms. The summed E-state index contributed by atoms with van der Waals surface area (Å²) in [7, 11) is 1.27. The SMILES string of the molecule is CON=C(C(=O)NC1C(=O)N2CC(CSc3nc(N)cc(N)[n+]3N)(C(=O)[O-])CS[C@H]12)c1csc(N)n1. The molecule has 2 fully saturated rings. The van der Waals surface area contributed by atoms with Crippen molar-refractivity contribution in [2.45, 2.75) is 16.6 Å². The highest BCUT2D eigenvalue weighted by Gasteiger charge is 2.56. The van der Waals surface area contributed by atoms with E-state index in [0.717, 1.165) is 27.8 Å². The highest BCUT2D eigenvalue weighted by Crippen LogP contribution is 2.43. The van der Waals surface area contributed by atoms with Crippen LogP contribution in [0.25, 0.3) is 0 Å². The van der Waals surface area contributed by atoms with Crippen molar-refractivity contribution in [1.82, 2.24) is 20.2 Å². The first-order valence-corrected chi connectivity index (χ1v) is 13.1. The zero-order valence-electron chi connectivity index (χ0n) is 18.7. The van der Waals surface area contributed by atoms with Crippen LogP contribution in [-0.4, -0.2) is 74.9 Å². The number of nitrogens with one attached hydrogen (secondary N) is 1. The average molecular weight is 555 g/mol. The molecule has 3 atom stereocenters. The van der Waals surface area contributed by atoms with Gasteiger partial charge >= 0.3 is 5.16 Å². The van der Waals surface area contributed by atoms with Crippen molar-refractivity contribution in [3.05, 3.63) is 17.1 Å². The minimum Gasteiger partial charge on any atom is -0.549 e.